The molecule has 126 valence electrons. The third-order valence-electron chi connectivity index (χ3n) is 3.66. The lowest BCUT2D eigenvalue weighted by atomic mass is 9.90. The Morgan fingerprint density at radius 2 is 2.04 bits per heavy atom. The van der Waals surface area contributed by atoms with Gasteiger partial charge in [-0.1, -0.05) is 17.7 Å². The van der Waals surface area contributed by atoms with Crippen molar-refractivity contribution in [2.45, 2.75) is 39.2 Å². The molecule has 1 aliphatic rings. The summed E-state index contributed by atoms with van der Waals surface area (Å²) >= 11 is 5.74. The molecule has 1 heterocycles. The number of amides is 1. The maximum atomic E-state index is 14.0. The van der Waals surface area contributed by atoms with E-state index in [-0.39, 0.29) is 22.9 Å². The zero-order chi connectivity index (χ0) is 17.2. The number of carbonyl (C=O) groups excluding carboxylic acids is 2. The quantitative estimate of drug-likeness (QED) is 0.753. The minimum atomic E-state index is -0.700. The SMILES string of the molecule is CC(C)(C)OC(=O)N1CCCC(C(=O)c2cccc(Cl)c2F)C1. The largest absolute Gasteiger partial charge is 0.444 e. The molecule has 0 spiro atoms. The summed E-state index contributed by atoms with van der Waals surface area (Å²) in [6.45, 7) is 6.15. The standard InChI is InChI=1S/C17H21ClFNO3/c1-17(2,3)23-16(22)20-9-5-6-11(10-20)15(21)12-7-4-8-13(18)14(12)19/h4,7-8,11H,5-6,9-10H2,1-3H3. The molecular weight excluding hydrogens is 321 g/mol. The van der Waals surface area contributed by atoms with Gasteiger partial charge in [0.25, 0.3) is 0 Å². The molecule has 6 heteroatoms. The highest BCUT2D eigenvalue weighted by atomic mass is 35.5. The maximum Gasteiger partial charge on any atom is 0.410 e. The third-order valence-corrected chi connectivity index (χ3v) is 3.95. The first kappa shape index (κ1) is 17.7. The number of hydrogen-bond acceptors (Lipinski definition) is 3. The maximum absolute atomic E-state index is 14.0. The Labute approximate surface area is 140 Å². The van der Waals surface area contributed by atoms with Gasteiger partial charge in [-0.2, -0.15) is 0 Å². The Balaban J connectivity index is 2.10. The minimum Gasteiger partial charge on any atom is -0.444 e. The Kier molecular flexibility index (Phi) is 5.30. The van der Waals surface area contributed by atoms with Crippen molar-refractivity contribution in [3.63, 3.8) is 0 Å². The van der Waals surface area contributed by atoms with Crippen LogP contribution in [0, 0.1) is 11.7 Å². The second-order valence-corrected chi connectivity index (χ2v) is 7.14. The smallest absolute Gasteiger partial charge is 0.410 e. The molecule has 0 saturated carbocycles. The lowest BCUT2D eigenvalue weighted by molar-refractivity contribution is 0.0172. The molecule has 0 radical (unpaired) electrons. The Hall–Kier alpha value is -1.62. The Bertz CT molecular complexity index is 612. The van der Waals surface area contributed by atoms with Crippen molar-refractivity contribution in [2.75, 3.05) is 13.1 Å². The third kappa shape index (κ3) is 4.44. The van der Waals surface area contributed by atoms with Crippen LogP contribution in [0.1, 0.15) is 44.0 Å². The molecule has 1 amide bonds. The monoisotopic (exact) mass is 341 g/mol. The van der Waals surface area contributed by atoms with E-state index < -0.39 is 23.4 Å². The van der Waals surface area contributed by atoms with E-state index in [0.29, 0.717) is 19.4 Å². The van der Waals surface area contributed by atoms with Crippen molar-refractivity contribution in [1.29, 1.82) is 0 Å². The fourth-order valence-corrected chi connectivity index (χ4v) is 2.77. The average Bonchev–Trinajstić information content (AvgIpc) is 2.48. The zero-order valence-corrected chi connectivity index (χ0v) is 14.3. The van der Waals surface area contributed by atoms with E-state index in [1.165, 1.54) is 17.0 Å². The number of benzene rings is 1. The molecule has 23 heavy (non-hydrogen) atoms. The molecule has 1 aromatic carbocycles. The number of nitrogens with zero attached hydrogens (tertiary/aromatic N) is 1. The van der Waals surface area contributed by atoms with Crippen LogP contribution in [-0.2, 0) is 4.74 Å². The van der Waals surface area contributed by atoms with Crippen molar-refractivity contribution < 1.29 is 18.7 Å². The van der Waals surface area contributed by atoms with Crippen molar-refractivity contribution in [2.24, 2.45) is 5.92 Å². The zero-order valence-electron chi connectivity index (χ0n) is 13.6. The Morgan fingerprint density at radius 3 is 2.70 bits per heavy atom. The molecule has 2 rings (SSSR count). The van der Waals surface area contributed by atoms with E-state index in [2.05, 4.69) is 0 Å². The topological polar surface area (TPSA) is 46.6 Å². The number of carbonyl (C=O) groups is 2. The highest BCUT2D eigenvalue weighted by Gasteiger charge is 2.32. The lowest BCUT2D eigenvalue weighted by Crippen LogP contribution is -2.44. The van der Waals surface area contributed by atoms with E-state index in [0.717, 1.165) is 0 Å². The summed E-state index contributed by atoms with van der Waals surface area (Å²) in [4.78, 5) is 26.2. The average molecular weight is 342 g/mol. The van der Waals surface area contributed by atoms with Crippen molar-refractivity contribution in [3.8, 4) is 0 Å². The van der Waals surface area contributed by atoms with Gasteiger partial charge in [-0.25, -0.2) is 9.18 Å². The summed E-state index contributed by atoms with van der Waals surface area (Å²) in [5.41, 5.74) is -0.610. The summed E-state index contributed by atoms with van der Waals surface area (Å²) in [6, 6.07) is 4.38. The molecule has 0 aliphatic carbocycles. The molecular formula is C17H21ClFNO3. The summed E-state index contributed by atoms with van der Waals surface area (Å²) in [5.74, 6) is -1.46. The van der Waals surface area contributed by atoms with E-state index in [1.807, 2.05) is 0 Å². The summed E-state index contributed by atoms with van der Waals surface area (Å²) in [6.07, 6.45) is 0.851. The molecule has 1 fully saturated rings. The minimum absolute atomic E-state index is 0.0199. The van der Waals surface area contributed by atoms with E-state index in [4.69, 9.17) is 16.3 Å². The number of halogens is 2. The van der Waals surface area contributed by atoms with Crippen LogP contribution in [0.3, 0.4) is 0 Å². The van der Waals surface area contributed by atoms with Gasteiger partial charge >= 0.3 is 6.09 Å². The highest BCUT2D eigenvalue weighted by Crippen LogP contribution is 2.26. The van der Waals surface area contributed by atoms with Crippen molar-refractivity contribution in [1.82, 2.24) is 4.90 Å². The van der Waals surface area contributed by atoms with Gasteiger partial charge in [0.1, 0.15) is 5.60 Å². The number of ketones is 1. The van der Waals surface area contributed by atoms with Gasteiger partial charge < -0.3 is 9.64 Å². The fourth-order valence-electron chi connectivity index (χ4n) is 2.60. The van der Waals surface area contributed by atoms with Gasteiger partial charge in [0.05, 0.1) is 10.6 Å². The van der Waals surface area contributed by atoms with Crippen molar-refractivity contribution in [3.05, 3.63) is 34.6 Å². The van der Waals surface area contributed by atoms with Crippen LogP contribution in [0.2, 0.25) is 5.02 Å². The van der Waals surface area contributed by atoms with Gasteiger partial charge in [0.2, 0.25) is 0 Å². The molecule has 4 nitrogen and oxygen atoms in total. The molecule has 1 atom stereocenters. The number of likely N-dealkylation sites (tertiary alicyclic amines) is 1. The van der Waals surface area contributed by atoms with Crippen LogP contribution in [0.5, 0.6) is 0 Å². The van der Waals surface area contributed by atoms with E-state index >= 15 is 0 Å². The number of rotatable bonds is 2. The van der Waals surface area contributed by atoms with Gasteiger partial charge in [0, 0.05) is 19.0 Å². The normalized spacial score (nSPS) is 18.7. The predicted octanol–water partition coefficient (Wildman–Crippen LogP) is 4.31. The summed E-state index contributed by atoms with van der Waals surface area (Å²) in [7, 11) is 0. The second kappa shape index (κ2) is 6.87. The molecule has 1 aliphatic heterocycles. The second-order valence-electron chi connectivity index (χ2n) is 6.73. The van der Waals surface area contributed by atoms with Gasteiger partial charge in [-0.05, 0) is 45.7 Å². The summed E-state index contributed by atoms with van der Waals surface area (Å²) < 4.78 is 19.4. The number of hydrogen-bond donors (Lipinski definition) is 0. The van der Waals surface area contributed by atoms with Crippen LogP contribution in [0.4, 0.5) is 9.18 Å². The Morgan fingerprint density at radius 1 is 1.35 bits per heavy atom. The van der Waals surface area contributed by atoms with Crippen LogP contribution >= 0.6 is 11.6 Å². The first-order valence-corrected chi connectivity index (χ1v) is 8.03. The van der Waals surface area contributed by atoms with E-state index in [9.17, 15) is 14.0 Å². The molecule has 1 aromatic rings. The van der Waals surface area contributed by atoms with Crippen LogP contribution in [-0.4, -0.2) is 35.5 Å². The van der Waals surface area contributed by atoms with Gasteiger partial charge in [-0.15, -0.1) is 0 Å². The highest BCUT2D eigenvalue weighted by molar-refractivity contribution is 6.31. The number of ether oxygens (including phenoxy) is 1. The molecule has 1 saturated heterocycles. The predicted molar refractivity (Wildman–Crippen MR) is 86.3 cm³/mol. The lowest BCUT2D eigenvalue weighted by Gasteiger charge is -2.33. The fraction of sp³-hybridized carbons (Fsp3) is 0.529. The first-order chi connectivity index (χ1) is 10.7. The number of piperidine rings is 1. The van der Waals surface area contributed by atoms with E-state index in [1.54, 1.807) is 26.8 Å². The van der Waals surface area contributed by atoms with Gasteiger partial charge in [0.15, 0.2) is 11.6 Å². The van der Waals surface area contributed by atoms with Crippen molar-refractivity contribution >= 4 is 23.5 Å². The first-order valence-electron chi connectivity index (χ1n) is 7.65. The van der Waals surface area contributed by atoms with Crippen LogP contribution in [0.15, 0.2) is 18.2 Å². The molecule has 0 bridgehead atoms. The number of Topliss-reactive ketones (excluding diaryl/α,β-unsaturated/α-hetero) is 1. The summed E-state index contributed by atoms with van der Waals surface area (Å²) in [5, 5.41) is -0.0735. The van der Waals surface area contributed by atoms with Crippen LogP contribution in [0.25, 0.3) is 0 Å². The van der Waals surface area contributed by atoms with Gasteiger partial charge in [-0.3, -0.25) is 4.79 Å². The molecule has 1 unspecified atom stereocenters. The molecule has 0 N–H and O–H groups in total. The molecule has 0 aromatic heterocycles. The van der Waals surface area contributed by atoms with Crippen LogP contribution < -0.4 is 0 Å².